The molecule has 1 aliphatic rings. The van der Waals surface area contributed by atoms with E-state index in [1.165, 1.54) is 11.8 Å². The van der Waals surface area contributed by atoms with Crippen LogP contribution in [-0.2, 0) is 11.2 Å². The topological polar surface area (TPSA) is 87.7 Å². The zero-order valence-electron chi connectivity index (χ0n) is 16.9. The summed E-state index contributed by atoms with van der Waals surface area (Å²) in [6.45, 7) is 0.529. The van der Waals surface area contributed by atoms with Gasteiger partial charge in [-0.1, -0.05) is 59.5 Å². The number of thioether (sulfide) groups is 1. The van der Waals surface area contributed by atoms with E-state index in [1.54, 1.807) is 11.1 Å². The van der Waals surface area contributed by atoms with Crippen LogP contribution in [0, 0.1) is 0 Å². The molecule has 1 saturated heterocycles. The summed E-state index contributed by atoms with van der Waals surface area (Å²) in [5.41, 5.74) is 4.12. The Morgan fingerprint density at radius 3 is 2.88 bits per heavy atom. The maximum atomic E-state index is 12.9. The summed E-state index contributed by atoms with van der Waals surface area (Å²) in [7, 11) is 0. The molecule has 0 unspecified atom stereocenters. The molecule has 0 bridgehead atoms. The van der Waals surface area contributed by atoms with Gasteiger partial charge in [0.15, 0.2) is 5.82 Å². The first-order valence-corrected chi connectivity index (χ1v) is 11.3. The fourth-order valence-corrected chi connectivity index (χ4v) is 4.90. The van der Waals surface area contributed by atoms with Crippen molar-refractivity contribution in [3.8, 4) is 11.1 Å². The molecule has 2 aromatic carbocycles. The van der Waals surface area contributed by atoms with Gasteiger partial charge < -0.3 is 0 Å². The number of aryl methyl sites for hydroxylation is 1. The molecule has 0 aliphatic carbocycles. The second kappa shape index (κ2) is 8.97. The predicted octanol–water partition coefficient (Wildman–Crippen LogP) is 4.25. The molecular formula is C23H18N6OS2. The number of benzene rings is 2. The number of nitrogens with one attached hydrogen (secondary N) is 1. The van der Waals surface area contributed by atoms with E-state index in [-0.39, 0.29) is 5.91 Å². The number of tetrazole rings is 1. The third-order valence-corrected chi connectivity index (χ3v) is 6.54. The Hall–Kier alpha value is -3.43. The molecule has 0 atom stereocenters. The van der Waals surface area contributed by atoms with E-state index in [4.69, 9.17) is 12.2 Å². The maximum absolute atomic E-state index is 12.9. The highest BCUT2D eigenvalue weighted by Crippen LogP contribution is 2.33. The van der Waals surface area contributed by atoms with Gasteiger partial charge in [0.05, 0.1) is 10.4 Å². The lowest BCUT2D eigenvalue weighted by atomic mass is 10.0. The molecule has 2 aromatic heterocycles. The highest BCUT2D eigenvalue weighted by Gasteiger charge is 2.31. The van der Waals surface area contributed by atoms with Gasteiger partial charge in [-0.2, -0.15) is 5.21 Å². The van der Waals surface area contributed by atoms with Crippen molar-refractivity contribution in [3.05, 3.63) is 77.1 Å². The van der Waals surface area contributed by atoms with Gasteiger partial charge in [-0.3, -0.25) is 14.7 Å². The number of aromatic nitrogens is 5. The molecule has 1 N–H and O–H groups in total. The molecule has 4 aromatic rings. The Labute approximate surface area is 193 Å². The number of amides is 1. The van der Waals surface area contributed by atoms with E-state index in [2.05, 4.69) is 55.9 Å². The lowest BCUT2D eigenvalue weighted by Gasteiger charge is -2.13. The van der Waals surface area contributed by atoms with Crippen LogP contribution >= 0.6 is 24.0 Å². The lowest BCUT2D eigenvalue weighted by Crippen LogP contribution is -2.29. The van der Waals surface area contributed by atoms with E-state index < -0.39 is 0 Å². The Kier molecular flexibility index (Phi) is 5.74. The number of fused-ring (bicyclic) bond motifs is 1. The molecule has 0 saturated carbocycles. The molecule has 0 spiro atoms. The monoisotopic (exact) mass is 458 g/mol. The van der Waals surface area contributed by atoms with Crippen LogP contribution in [-0.4, -0.2) is 47.3 Å². The molecule has 5 rings (SSSR count). The average Bonchev–Trinajstić information content (AvgIpc) is 3.43. The Bertz CT molecular complexity index is 1340. The van der Waals surface area contributed by atoms with Gasteiger partial charge in [0.25, 0.3) is 5.91 Å². The zero-order chi connectivity index (χ0) is 21.9. The first-order chi connectivity index (χ1) is 15.7. The van der Waals surface area contributed by atoms with E-state index >= 15 is 0 Å². The van der Waals surface area contributed by atoms with Crippen LogP contribution in [0.1, 0.15) is 17.8 Å². The van der Waals surface area contributed by atoms with Gasteiger partial charge in [-0.25, -0.2) is 0 Å². The van der Waals surface area contributed by atoms with Gasteiger partial charge in [-0.05, 0) is 53.5 Å². The summed E-state index contributed by atoms with van der Waals surface area (Å²) in [6, 6.07) is 18.4. The van der Waals surface area contributed by atoms with Crippen molar-refractivity contribution < 1.29 is 4.79 Å². The molecule has 1 aliphatic heterocycles. The van der Waals surface area contributed by atoms with Crippen molar-refractivity contribution in [2.45, 2.75) is 12.8 Å². The highest BCUT2D eigenvalue weighted by molar-refractivity contribution is 8.26. The Morgan fingerprint density at radius 2 is 2.00 bits per heavy atom. The summed E-state index contributed by atoms with van der Waals surface area (Å²) < 4.78 is 0.576. The second-order valence-electron chi connectivity index (χ2n) is 7.30. The first-order valence-electron chi connectivity index (χ1n) is 10.1. The number of pyridine rings is 1. The van der Waals surface area contributed by atoms with Crippen molar-refractivity contribution in [2.24, 2.45) is 0 Å². The van der Waals surface area contributed by atoms with Crippen LogP contribution in [0.15, 0.2) is 65.7 Å². The third kappa shape index (κ3) is 4.30. The zero-order valence-corrected chi connectivity index (χ0v) is 18.6. The van der Waals surface area contributed by atoms with Crippen molar-refractivity contribution in [1.29, 1.82) is 0 Å². The molecule has 9 heteroatoms. The Balaban J connectivity index is 1.33. The van der Waals surface area contributed by atoms with Crippen molar-refractivity contribution >= 4 is 51.2 Å². The maximum Gasteiger partial charge on any atom is 0.266 e. The van der Waals surface area contributed by atoms with Gasteiger partial charge in [0.1, 0.15) is 4.32 Å². The number of hydrogen-bond donors (Lipinski definition) is 1. The van der Waals surface area contributed by atoms with E-state index in [0.717, 1.165) is 27.6 Å². The lowest BCUT2D eigenvalue weighted by molar-refractivity contribution is -0.122. The molecular weight excluding hydrogens is 440 g/mol. The number of carbonyl (C=O) groups is 1. The number of thiocarbonyl (C=S) groups is 1. The van der Waals surface area contributed by atoms with Gasteiger partial charge >= 0.3 is 0 Å². The van der Waals surface area contributed by atoms with Gasteiger partial charge in [-0.15, -0.1) is 10.2 Å². The normalized spacial score (nSPS) is 15.2. The van der Waals surface area contributed by atoms with Gasteiger partial charge in [0, 0.05) is 24.5 Å². The largest absolute Gasteiger partial charge is 0.293 e. The van der Waals surface area contributed by atoms with Crippen LogP contribution < -0.4 is 0 Å². The van der Waals surface area contributed by atoms with E-state index in [0.29, 0.717) is 34.4 Å². The number of H-pyrrole nitrogens is 1. The smallest absolute Gasteiger partial charge is 0.266 e. The Morgan fingerprint density at radius 1 is 1.09 bits per heavy atom. The average molecular weight is 459 g/mol. The standard InChI is InChI=1S/C23H18N6OS2/c30-22-20(32-23(31)29(22)11-3-7-21-25-27-28-26-21)13-15-4-1-5-16(12-15)17-8-9-19-18(14-17)6-2-10-24-19/h1-2,4-6,8-10,12-14H,3,7,11H2,(H,25,26,27,28)/b20-13-. The van der Waals surface area contributed by atoms with E-state index in [9.17, 15) is 4.79 Å². The SMILES string of the molecule is O=C1/C(=C/c2cccc(-c3ccc4ncccc4c3)c2)SC(=S)N1CCCc1nn[nH]n1. The molecule has 0 radical (unpaired) electrons. The molecule has 3 heterocycles. The molecule has 1 fully saturated rings. The fourth-order valence-electron chi connectivity index (χ4n) is 3.59. The minimum absolute atomic E-state index is 0.0599. The van der Waals surface area contributed by atoms with Crippen molar-refractivity contribution in [2.75, 3.05) is 6.54 Å². The minimum atomic E-state index is -0.0599. The number of nitrogens with zero attached hydrogens (tertiary/aromatic N) is 5. The summed E-state index contributed by atoms with van der Waals surface area (Å²) in [5.74, 6) is 0.572. The van der Waals surface area contributed by atoms with Gasteiger partial charge in [0.2, 0.25) is 0 Å². The third-order valence-electron chi connectivity index (χ3n) is 5.17. The number of aromatic amines is 1. The second-order valence-corrected chi connectivity index (χ2v) is 8.98. The van der Waals surface area contributed by atoms with Crippen LogP contribution in [0.3, 0.4) is 0 Å². The molecule has 1 amide bonds. The quantitative estimate of drug-likeness (QED) is 0.341. The van der Waals surface area contributed by atoms with E-state index in [1.807, 2.05) is 30.3 Å². The summed E-state index contributed by atoms with van der Waals surface area (Å²) in [5, 5.41) is 14.9. The van der Waals surface area contributed by atoms with Crippen LogP contribution in [0.4, 0.5) is 0 Å². The molecule has 7 nitrogen and oxygen atoms in total. The van der Waals surface area contributed by atoms with Crippen LogP contribution in [0.2, 0.25) is 0 Å². The van der Waals surface area contributed by atoms with Crippen LogP contribution in [0.25, 0.3) is 28.1 Å². The molecule has 32 heavy (non-hydrogen) atoms. The summed E-state index contributed by atoms with van der Waals surface area (Å²) in [6.07, 6.45) is 5.05. The summed E-state index contributed by atoms with van der Waals surface area (Å²) in [4.78, 5) is 19.6. The fraction of sp³-hybridized carbons (Fsp3) is 0.130. The minimum Gasteiger partial charge on any atom is -0.293 e. The number of hydrogen-bond acceptors (Lipinski definition) is 7. The number of carbonyl (C=O) groups excluding carboxylic acids is 1. The van der Waals surface area contributed by atoms with Crippen molar-refractivity contribution in [3.63, 3.8) is 0 Å². The number of rotatable bonds is 6. The highest BCUT2D eigenvalue weighted by atomic mass is 32.2. The summed E-state index contributed by atoms with van der Waals surface area (Å²) >= 11 is 6.78. The van der Waals surface area contributed by atoms with Crippen molar-refractivity contribution in [1.82, 2.24) is 30.5 Å². The van der Waals surface area contributed by atoms with Crippen LogP contribution in [0.5, 0.6) is 0 Å². The predicted molar refractivity (Wildman–Crippen MR) is 130 cm³/mol. The first kappa shape index (κ1) is 20.5. The molecule has 158 valence electrons.